The van der Waals surface area contributed by atoms with Gasteiger partial charge in [-0.1, -0.05) is 30.3 Å². The molecule has 1 saturated heterocycles. The van der Waals surface area contributed by atoms with E-state index in [1.54, 1.807) is 41.3 Å². The topological polar surface area (TPSA) is 96.6 Å². The van der Waals surface area contributed by atoms with E-state index >= 15 is 0 Å². The fraction of sp³-hybridized carbons (Fsp3) is 0.111. The lowest BCUT2D eigenvalue weighted by molar-refractivity contribution is -0.123. The van der Waals surface area contributed by atoms with Crippen molar-refractivity contribution in [2.24, 2.45) is 0 Å². The van der Waals surface area contributed by atoms with Gasteiger partial charge in [-0.3, -0.25) is 24.6 Å². The van der Waals surface area contributed by atoms with Gasteiger partial charge in [0.1, 0.15) is 17.9 Å². The van der Waals surface area contributed by atoms with Crippen LogP contribution in [0.15, 0.2) is 83.1 Å². The van der Waals surface area contributed by atoms with Crippen LogP contribution < -0.4 is 15.5 Å². The molecule has 9 heteroatoms. The highest BCUT2D eigenvalue weighted by Crippen LogP contribution is 2.27. The van der Waals surface area contributed by atoms with Crippen molar-refractivity contribution in [2.75, 3.05) is 4.90 Å². The van der Waals surface area contributed by atoms with Gasteiger partial charge < -0.3 is 14.3 Å². The molecule has 3 heterocycles. The largest absolute Gasteiger partial charge is 0.467 e. The number of carbonyl (C=O) groups is 3. The van der Waals surface area contributed by atoms with Gasteiger partial charge in [0.05, 0.1) is 18.5 Å². The summed E-state index contributed by atoms with van der Waals surface area (Å²) in [5.74, 6) is -0.623. The van der Waals surface area contributed by atoms with Crippen LogP contribution in [0.2, 0.25) is 0 Å². The van der Waals surface area contributed by atoms with Crippen LogP contribution in [-0.4, -0.2) is 27.4 Å². The maximum Gasteiger partial charge on any atom is 0.270 e. The number of aromatic nitrogens is 1. The van der Waals surface area contributed by atoms with Gasteiger partial charge in [0.25, 0.3) is 11.8 Å². The van der Waals surface area contributed by atoms with Gasteiger partial charge in [-0.05, 0) is 61.1 Å². The first-order valence-electron chi connectivity index (χ1n) is 11.3. The summed E-state index contributed by atoms with van der Waals surface area (Å²) in [4.78, 5) is 40.1. The van der Waals surface area contributed by atoms with Crippen LogP contribution in [0.4, 0.5) is 5.69 Å². The molecule has 2 aromatic heterocycles. The highest BCUT2D eigenvalue weighted by Gasteiger charge is 2.34. The molecule has 1 fully saturated rings. The van der Waals surface area contributed by atoms with E-state index in [0.717, 1.165) is 16.5 Å². The zero-order valence-corrected chi connectivity index (χ0v) is 20.2. The third-order valence-electron chi connectivity index (χ3n) is 5.83. The van der Waals surface area contributed by atoms with Crippen LogP contribution >= 0.6 is 12.2 Å². The first-order valence-corrected chi connectivity index (χ1v) is 11.7. The zero-order chi connectivity index (χ0) is 25.2. The molecule has 180 valence electrons. The molecule has 8 nitrogen and oxygen atoms in total. The van der Waals surface area contributed by atoms with Crippen molar-refractivity contribution in [2.45, 2.75) is 20.0 Å². The number of aryl methyl sites for hydroxylation is 1. The van der Waals surface area contributed by atoms with Gasteiger partial charge in [-0.2, -0.15) is 0 Å². The number of para-hydroxylation sites is 1. The van der Waals surface area contributed by atoms with Crippen molar-refractivity contribution in [3.8, 4) is 0 Å². The number of amides is 3. The van der Waals surface area contributed by atoms with Crippen molar-refractivity contribution in [3.63, 3.8) is 0 Å². The molecule has 0 unspecified atom stereocenters. The van der Waals surface area contributed by atoms with Crippen LogP contribution in [0, 0.1) is 6.92 Å². The van der Waals surface area contributed by atoms with Crippen molar-refractivity contribution in [1.29, 1.82) is 0 Å². The molecule has 0 spiro atoms. The number of anilines is 1. The van der Waals surface area contributed by atoms with Crippen LogP contribution in [0.1, 0.15) is 16.9 Å². The summed E-state index contributed by atoms with van der Waals surface area (Å²) in [6, 6.07) is 18.4. The molecular weight excluding hydrogens is 476 g/mol. The lowest BCUT2D eigenvalue weighted by Crippen LogP contribution is -2.54. The molecule has 0 aliphatic carbocycles. The molecule has 5 rings (SSSR count). The first-order chi connectivity index (χ1) is 17.4. The molecule has 4 aromatic rings. The number of thiocarbonyl (C=S) groups is 1. The average Bonchev–Trinajstić information content (AvgIpc) is 3.49. The maximum atomic E-state index is 13.4. The predicted molar refractivity (Wildman–Crippen MR) is 140 cm³/mol. The number of furan rings is 1. The molecule has 1 aliphatic heterocycles. The number of rotatable bonds is 6. The molecule has 0 bridgehead atoms. The number of nitrogens with one attached hydrogen (secondary N) is 2. The van der Waals surface area contributed by atoms with E-state index in [1.165, 1.54) is 4.90 Å². The second-order valence-electron chi connectivity index (χ2n) is 8.38. The van der Waals surface area contributed by atoms with Crippen molar-refractivity contribution < 1.29 is 18.8 Å². The summed E-state index contributed by atoms with van der Waals surface area (Å²) in [6.45, 7) is 2.26. The van der Waals surface area contributed by atoms with Crippen LogP contribution in [0.5, 0.6) is 0 Å². The second-order valence-corrected chi connectivity index (χ2v) is 8.77. The number of carbonyl (C=O) groups excluding carboxylic acids is 3. The average molecular weight is 499 g/mol. The SMILES string of the molecule is Cc1cccc(N2C(=O)C(=Cc3cn(CC(=O)NCc4ccco4)c4ccccc34)C(=O)NC2=S)c1. The van der Waals surface area contributed by atoms with Crippen LogP contribution in [-0.2, 0) is 27.5 Å². The number of nitrogens with zero attached hydrogens (tertiary/aromatic N) is 2. The van der Waals surface area contributed by atoms with Crippen LogP contribution in [0.25, 0.3) is 17.0 Å². The summed E-state index contributed by atoms with van der Waals surface area (Å²) in [6.07, 6.45) is 4.85. The van der Waals surface area contributed by atoms with Gasteiger partial charge in [0.15, 0.2) is 5.11 Å². The molecule has 2 aromatic carbocycles. The monoisotopic (exact) mass is 498 g/mol. The third-order valence-corrected chi connectivity index (χ3v) is 6.12. The number of benzene rings is 2. The van der Waals surface area contributed by atoms with E-state index in [0.29, 0.717) is 17.0 Å². The van der Waals surface area contributed by atoms with Crippen molar-refractivity contribution >= 4 is 57.7 Å². The Labute approximate surface area is 212 Å². The molecule has 1 aliphatic rings. The fourth-order valence-corrected chi connectivity index (χ4v) is 4.43. The molecule has 0 atom stereocenters. The van der Waals surface area contributed by atoms with Crippen LogP contribution in [0.3, 0.4) is 0 Å². The van der Waals surface area contributed by atoms with E-state index < -0.39 is 11.8 Å². The quantitative estimate of drug-likeness (QED) is 0.240. The molecular formula is C27H22N4O4S. The Balaban J connectivity index is 1.46. The Morgan fingerprint density at radius 2 is 1.94 bits per heavy atom. The Bertz CT molecular complexity index is 1530. The molecule has 2 N–H and O–H groups in total. The van der Waals surface area contributed by atoms with Crippen molar-refractivity contribution in [1.82, 2.24) is 15.2 Å². The normalized spacial score (nSPS) is 15.0. The molecule has 3 amide bonds. The summed E-state index contributed by atoms with van der Waals surface area (Å²) < 4.78 is 7.04. The second kappa shape index (κ2) is 9.63. The van der Waals surface area contributed by atoms with Gasteiger partial charge in [-0.25, -0.2) is 0 Å². The predicted octanol–water partition coefficient (Wildman–Crippen LogP) is 3.69. The van der Waals surface area contributed by atoms with E-state index in [9.17, 15) is 14.4 Å². The van der Waals surface area contributed by atoms with Gasteiger partial charge in [0.2, 0.25) is 5.91 Å². The lowest BCUT2D eigenvalue weighted by atomic mass is 10.1. The van der Waals surface area contributed by atoms with Gasteiger partial charge in [-0.15, -0.1) is 0 Å². The number of hydrogen-bond donors (Lipinski definition) is 2. The lowest BCUT2D eigenvalue weighted by Gasteiger charge is -2.29. The highest BCUT2D eigenvalue weighted by atomic mass is 32.1. The Kier molecular flexibility index (Phi) is 6.22. The minimum absolute atomic E-state index is 0.0309. The van der Waals surface area contributed by atoms with E-state index in [-0.39, 0.29) is 29.7 Å². The zero-order valence-electron chi connectivity index (χ0n) is 19.4. The summed E-state index contributed by atoms with van der Waals surface area (Å²) in [5.41, 5.74) is 2.92. The van der Waals surface area contributed by atoms with Crippen molar-refractivity contribution in [3.05, 3.63) is 95.6 Å². The number of hydrogen-bond acceptors (Lipinski definition) is 5. The third kappa shape index (κ3) is 4.56. The molecule has 36 heavy (non-hydrogen) atoms. The van der Waals surface area contributed by atoms with Gasteiger partial charge >= 0.3 is 0 Å². The Morgan fingerprint density at radius 1 is 1.11 bits per heavy atom. The minimum Gasteiger partial charge on any atom is -0.467 e. The summed E-state index contributed by atoms with van der Waals surface area (Å²) in [5, 5.41) is 6.28. The summed E-state index contributed by atoms with van der Waals surface area (Å²) in [7, 11) is 0. The summed E-state index contributed by atoms with van der Waals surface area (Å²) >= 11 is 5.30. The maximum absolute atomic E-state index is 13.4. The molecule has 0 radical (unpaired) electrons. The molecule has 0 saturated carbocycles. The minimum atomic E-state index is -0.568. The van der Waals surface area contributed by atoms with E-state index in [2.05, 4.69) is 10.6 Å². The van der Waals surface area contributed by atoms with Gasteiger partial charge in [0, 0.05) is 22.7 Å². The number of fused-ring (bicyclic) bond motifs is 1. The first kappa shape index (κ1) is 23.3. The van der Waals surface area contributed by atoms with E-state index in [1.807, 2.05) is 49.4 Å². The van der Waals surface area contributed by atoms with E-state index in [4.69, 9.17) is 16.6 Å². The Morgan fingerprint density at radius 3 is 2.72 bits per heavy atom. The smallest absolute Gasteiger partial charge is 0.270 e. The fourth-order valence-electron chi connectivity index (χ4n) is 4.15. The Hall–Kier alpha value is -4.50. The highest BCUT2D eigenvalue weighted by molar-refractivity contribution is 7.80. The standard InChI is InChI=1S/C27H22N4O4S/c1-17-6-4-7-19(12-17)31-26(34)22(25(33)29-27(31)36)13-18-15-30(23-10-3-2-9-21(18)23)16-24(32)28-14-20-8-5-11-35-20/h2-13,15H,14,16H2,1H3,(H,28,32)(H,29,33,36).